The van der Waals surface area contributed by atoms with Crippen molar-refractivity contribution < 1.29 is 31.5 Å². The van der Waals surface area contributed by atoms with Gasteiger partial charge in [0.25, 0.3) is 0 Å². The van der Waals surface area contributed by atoms with Crippen LogP contribution in [0.15, 0.2) is 10.3 Å². The smallest absolute Gasteiger partial charge is 0.390 e. The van der Waals surface area contributed by atoms with Gasteiger partial charge in [-0.1, -0.05) is 0 Å². The van der Waals surface area contributed by atoms with Crippen LogP contribution in [0.5, 0.6) is 0 Å². The lowest BCUT2D eigenvalue weighted by Gasteiger charge is -2.09. The van der Waals surface area contributed by atoms with E-state index in [4.69, 9.17) is 5.11 Å². The molecule has 0 aliphatic rings. The molecule has 1 rings (SSSR count). The molecule has 0 unspecified atom stereocenters. The summed E-state index contributed by atoms with van der Waals surface area (Å²) in [6.07, 6.45) is -5.81. The summed E-state index contributed by atoms with van der Waals surface area (Å²) in [5.74, 6) is -1.44. The second-order valence-electron chi connectivity index (χ2n) is 3.65. The molecule has 0 aliphatic heterocycles. The van der Waals surface area contributed by atoms with Gasteiger partial charge in [-0.25, -0.2) is 17.9 Å². The van der Waals surface area contributed by atoms with E-state index in [1.165, 1.54) is 12.3 Å². The van der Waals surface area contributed by atoms with Gasteiger partial charge in [-0.05, 0) is 17.9 Å². The molecule has 1 aromatic rings. The Balaban J connectivity index is 2.95. The molecule has 0 atom stereocenters. The summed E-state index contributed by atoms with van der Waals surface area (Å²) in [5.41, 5.74) is 0.182. The van der Waals surface area contributed by atoms with Crippen molar-refractivity contribution in [3.05, 3.63) is 15.8 Å². The second-order valence-corrected chi connectivity index (χ2v) is 6.23. The number of carboxylic acids is 1. The number of nitrogens with one attached hydrogen (secondary N) is 1. The van der Waals surface area contributed by atoms with Gasteiger partial charge in [-0.2, -0.15) is 13.2 Å². The highest BCUT2D eigenvalue weighted by Gasteiger charge is 2.30. The third-order valence-corrected chi connectivity index (χ3v) is 4.94. The van der Waals surface area contributed by atoms with Gasteiger partial charge in [0.05, 0.1) is 6.42 Å². The predicted octanol–water partition coefficient (Wildman–Crippen LogP) is 1.99. The molecular formula is C9H10F3NO4S2. The minimum Gasteiger partial charge on any atom is -0.477 e. The number of hydrogen-bond acceptors (Lipinski definition) is 4. The van der Waals surface area contributed by atoms with Gasteiger partial charge < -0.3 is 5.11 Å². The number of aryl methyl sites for hydroxylation is 1. The Morgan fingerprint density at radius 1 is 1.47 bits per heavy atom. The lowest BCUT2D eigenvalue weighted by atomic mass is 10.3. The van der Waals surface area contributed by atoms with E-state index in [9.17, 15) is 26.4 Å². The van der Waals surface area contributed by atoms with E-state index in [0.29, 0.717) is 11.3 Å². The van der Waals surface area contributed by atoms with Crippen LogP contribution in [0.1, 0.15) is 21.7 Å². The number of carbonyl (C=O) groups is 1. The lowest BCUT2D eigenvalue weighted by Crippen LogP contribution is -2.29. The van der Waals surface area contributed by atoms with Gasteiger partial charge in [0, 0.05) is 6.54 Å². The molecular weight excluding hydrogens is 307 g/mol. The fourth-order valence-corrected chi connectivity index (χ4v) is 3.97. The van der Waals surface area contributed by atoms with Gasteiger partial charge in [-0.3, -0.25) is 0 Å². The average molecular weight is 317 g/mol. The molecule has 0 amide bonds. The summed E-state index contributed by atoms with van der Waals surface area (Å²) in [6.45, 7) is 0.543. The number of halogens is 3. The zero-order chi connectivity index (χ0) is 14.8. The predicted molar refractivity (Wildman–Crippen MR) is 61.9 cm³/mol. The van der Waals surface area contributed by atoms with E-state index in [-0.39, 0.29) is 5.56 Å². The van der Waals surface area contributed by atoms with Crippen LogP contribution in [-0.2, 0) is 10.0 Å². The molecule has 0 aromatic carbocycles. The van der Waals surface area contributed by atoms with Crippen molar-refractivity contribution in [3.8, 4) is 0 Å². The molecule has 1 heterocycles. The number of carboxylic acid groups (broad SMARTS) is 1. The van der Waals surface area contributed by atoms with Gasteiger partial charge in [-0.15, -0.1) is 11.3 Å². The third-order valence-electron chi connectivity index (χ3n) is 2.08. The fraction of sp³-hybridized carbons (Fsp3) is 0.444. The number of aromatic carboxylic acids is 1. The monoisotopic (exact) mass is 317 g/mol. The number of hydrogen-bond donors (Lipinski definition) is 2. The van der Waals surface area contributed by atoms with Crippen LogP contribution in [0.25, 0.3) is 0 Å². The van der Waals surface area contributed by atoms with Crippen LogP contribution >= 0.6 is 11.3 Å². The standard InChI is InChI=1S/C9H10F3NO4S2/c1-5-4-18-6(8(14)15)7(5)19(16,17)13-3-2-9(10,11)12/h4,13H,2-3H2,1H3,(H,14,15). The van der Waals surface area contributed by atoms with Crippen molar-refractivity contribution in [1.82, 2.24) is 4.72 Å². The second kappa shape index (κ2) is 5.47. The van der Waals surface area contributed by atoms with Crippen molar-refractivity contribution in [2.45, 2.75) is 24.4 Å². The molecule has 19 heavy (non-hydrogen) atoms. The molecule has 1 aromatic heterocycles. The SMILES string of the molecule is Cc1csc(C(=O)O)c1S(=O)(=O)NCCC(F)(F)F. The Labute approximate surface area is 111 Å². The molecule has 5 nitrogen and oxygen atoms in total. The highest BCUT2D eigenvalue weighted by atomic mass is 32.2. The van der Waals surface area contributed by atoms with Crippen LogP contribution in [0.2, 0.25) is 0 Å². The molecule has 0 radical (unpaired) electrons. The van der Waals surface area contributed by atoms with E-state index in [2.05, 4.69) is 0 Å². The molecule has 108 valence electrons. The van der Waals surface area contributed by atoms with Gasteiger partial charge >= 0.3 is 12.1 Å². The first-order valence-corrected chi connectivity index (χ1v) is 7.28. The maximum Gasteiger partial charge on any atom is 0.390 e. The van der Waals surface area contributed by atoms with Crippen LogP contribution < -0.4 is 4.72 Å². The molecule has 10 heteroatoms. The average Bonchev–Trinajstić information content (AvgIpc) is 2.58. The van der Waals surface area contributed by atoms with Crippen LogP contribution in [0.4, 0.5) is 13.2 Å². The molecule has 2 N–H and O–H groups in total. The number of sulfonamides is 1. The van der Waals surface area contributed by atoms with E-state index < -0.39 is 44.9 Å². The Morgan fingerprint density at radius 3 is 2.53 bits per heavy atom. The maximum absolute atomic E-state index is 11.9. The van der Waals surface area contributed by atoms with E-state index >= 15 is 0 Å². The van der Waals surface area contributed by atoms with Gasteiger partial charge in [0.15, 0.2) is 0 Å². The first-order chi connectivity index (χ1) is 8.54. The molecule has 0 saturated carbocycles. The summed E-state index contributed by atoms with van der Waals surface area (Å²) in [5, 5.41) is 10.2. The number of rotatable bonds is 5. The van der Waals surface area contributed by atoms with E-state index in [1.54, 1.807) is 4.72 Å². The largest absolute Gasteiger partial charge is 0.477 e. The molecule has 0 saturated heterocycles. The summed E-state index contributed by atoms with van der Waals surface area (Å²) < 4.78 is 61.1. The van der Waals surface area contributed by atoms with Crippen LogP contribution in [-0.4, -0.2) is 32.2 Å². The van der Waals surface area contributed by atoms with Crippen molar-refractivity contribution >= 4 is 27.3 Å². The number of alkyl halides is 3. The molecule has 0 spiro atoms. The van der Waals surface area contributed by atoms with E-state index in [0.717, 1.165) is 0 Å². The highest BCUT2D eigenvalue weighted by molar-refractivity contribution is 7.89. The Kier molecular flexibility index (Phi) is 4.59. The number of thiophene rings is 1. The van der Waals surface area contributed by atoms with Crippen LogP contribution in [0.3, 0.4) is 0 Å². The molecule has 0 bridgehead atoms. The highest BCUT2D eigenvalue weighted by Crippen LogP contribution is 2.27. The zero-order valence-corrected chi connectivity index (χ0v) is 11.2. The topological polar surface area (TPSA) is 83.5 Å². The minimum absolute atomic E-state index is 0.182. The molecule has 0 fully saturated rings. The van der Waals surface area contributed by atoms with Crippen molar-refractivity contribution in [3.63, 3.8) is 0 Å². The Hall–Kier alpha value is -1.13. The minimum atomic E-state index is -4.48. The quantitative estimate of drug-likeness (QED) is 0.870. The fourth-order valence-electron chi connectivity index (χ4n) is 1.31. The van der Waals surface area contributed by atoms with Gasteiger partial charge in [0.2, 0.25) is 10.0 Å². The van der Waals surface area contributed by atoms with Crippen LogP contribution in [0, 0.1) is 6.92 Å². The van der Waals surface area contributed by atoms with Crippen molar-refractivity contribution in [2.24, 2.45) is 0 Å². The maximum atomic E-state index is 11.9. The Morgan fingerprint density at radius 2 is 2.05 bits per heavy atom. The van der Waals surface area contributed by atoms with Crippen molar-refractivity contribution in [1.29, 1.82) is 0 Å². The zero-order valence-electron chi connectivity index (χ0n) is 9.61. The third kappa shape index (κ3) is 4.18. The molecule has 0 aliphatic carbocycles. The first kappa shape index (κ1) is 15.9. The summed E-state index contributed by atoms with van der Waals surface area (Å²) >= 11 is 0.709. The van der Waals surface area contributed by atoms with Crippen molar-refractivity contribution in [2.75, 3.05) is 6.54 Å². The summed E-state index contributed by atoms with van der Waals surface area (Å²) in [7, 11) is -4.27. The summed E-state index contributed by atoms with van der Waals surface area (Å²) in [4.78, 5) is 9.95. The normalized spacial score (nSPS) is 12.6. The summed E-state index contributed by atoms with van der Waals surface area (Å²) in [6, 6.07) is 0. The van der Waals surface area contributed by atoms with E-state index in [1.807, 2.05) is 0 Å². The Bertz CT molecular complexity index is 577. The first-order valence-electron chi connectivity index (χ1n) is 4.92. The van der Waals surface area contributed by atoms with Gasteiger partial charge in [0.1, 0.15) is 9.77 Å². The lowest BCUT2D eigenvalue weighted by molar-refractivity contribution is -0.132.